The number of benzene rings is 2. The van der Waals surface area contributed by atoms with Crippen molar-refractivity contribution in [2.45, 2.75) is 13.3 Å². The van der Waals surface area contributed by atoms with Crippen LogP contribution in [0.1, 0.15) is 24.5 Å². The lowest BCUT2D eigenvalue weighted by Gasteiger charge is -2.23. The summed E-state index contributed by atoms with van der Waals surface area (Å²) >= 11 is 0. The lowest BCUT2D eigenvalue weighted by molar-refractivity contribution is 0.582. The van der Waals surface area contributed by atoms with Gasteiger partial charge in [-0.2, -0.15) is 0 Å². The summed E-state index contributed by atoms with van der Waals surface area (Å²) in [4.78, 5) is 4.40. The van der Waals surface area contributed by atoms with Gasteiger partial charge in [0, 0.05) is 39.6 Å². The fraction of sp³-hybridized carbons (Fsp3) is 0.273. The zero-order valence-corrected chi connectivity index (χ0v) is 15.5. The maximum atomic E-state index is 2.32. The first kappa shape index (κ1) is 17.9. The maximum Gasteiger partial charge on any atom is 0.0467 e. The second-order valence-corrected chi connectivity index (χ2v) is 6.28. The van der Waals surface area contributed by atoms with Crippen molar-refractivity contribution in [1.29, 1.82) is 0 Å². The summed E-state index contributed by atoms with van der Waals surface area (Å²) in [5.74, 6) is 0. The minimum atomic E-state index is 0.979. The SMILES string of the molecule is CCC(C=C(c1ccccc1)N(C)C)=C(c1ccccc1)N(C)C. The van der Waals surface area contributed by atoms with Crippen molar-refractivity contribution in [3.05, 3.63) is 83.4 Å². The zero-order valence-electron chi connectivity index (χ0n) is 15.5. The zero-order chi connectivity index (χ0) is 17.5. The van der Waals surface area contributed by atoms with E-state index in [2.05, 4.69) is 112 Å². The van der Waals surface area contributed by atoms with E-state index in [1.807, 2.05) is 0 Å². The van der Waals surface area contributed by atoms with Gasteiger partial charge in [0.05, 0.1) is 0 Å². The van der Waals surface area contributed by atoms with Gasteiger partial charge in [-0.1, -0.05) is 67.6 Å². The highest BCUT2D eigenvalue weighted by atomic mass is 15.1. The van der Waals surface area contributed by atoms with Crippen LogP contribution in [-0.4, -0.2) is 38.0 Å². The standard InChI is InChI=1S/C22H28N2/c1-6-18(22(24(4)5)20-15-11-8-12-16-20)17-21(23(2)3)19-13-9-7-10-14-19/h7-17H,6H2,1-5H3. The van der Waals surface area contributed by atoms with Gasteiger partial charge in [0.2, 0.25) is 0 Å². The fourth-order valence-corrected chi connectivity index (χ4v) is 2.91. The first-order valence-electron chi connectivity index (χ1n) is 8.45. The molecule has 0 saturated heterocycles. The number of hydrogen-bond donors (Lipinski definition) is 0. The van der Waals surface area contributed by atoms with E-state index in [1.165, 1.54) is 28.1 Å². The summed E-state index contributed by atoms with van der Waals surface area (Å²) in [6.07, 6.45) is 3.30. The lowest BCUT2D eigenvalue weighted by Crippen LogP contribution is -2.14. The van der Waals surface area contributed by atoms with E-state index in [0.29, 0.717) is 0 Å². The summed E-state index contributed by atoms with van der Waals surface area (Å²) in [7, 11) is 8.43. The Hall–Kier alpha value is -2.48. The van der Waals surface area contributed by atoms with Crippen LogP contribution in [0.5, 0.6) is 0 Å². The van der Waals surface area contributed by atoms with Crippen LogP contribution < -0.4 is 0 Å². The molecule has 0 saturated carbocycles. The molecule has 2 rings (SSSR count). The molecule has 0 radical (unpaired) electrons. The van der Waals surface area contributed by atoms with Crippen LogP contribution in [0.25, 0.3) is 11.4 Å². The Kier molecular flexibility index (Phi) is 6.25. The van der Waals surface area contributed by atoms with Gasteiger partial charge in [0.25, 0.3) is 0 Å². The molecule has 0 N–H and O–H groups in total. The van der Waals surface area contributed by atoms with Crippen LogP contribution in [0.2, 0.25) is 0 Å². The molecule has 2 nitrogen and oxygen atoms in total. The third kappa shape index (κ3) is 4.29. The molecule has 0 aliphatic rings. The molecule has 0 aliphatic carbocycles. The highest BCUT2D eigenvalue weighted by molar-refractivity contribution is 5.75. The van der Waals surface area contributed by atoms with Crippen molar-refractivity contribution in [3.8, 4) is 0 Å². The van der Waals surface area contributed by atoms with Crippen molar-refractivity contribution in [3.63, 3.8) is 0 Å². The molecule has 0 amide bonds. The highest BCUT2D eigenvalue weighted by Gasteiger charge is 2.11. The van der Waals surface area contributed by atoms with E-state index in [0.717, 1.165) is 6.42 Å². The summed E-state index contributed by atoms with van der Waals surface area (Å²) < 4.78 is 0. The average molecular weight is 320 g/mol. The van der Waals surface area contributed by atoms with Crippen molar-refractivity contribution in [1.82, 2.24) is 9.80 Å². The first-order valence-corrected chi connectivity index (χ1v) is 8.45. The minimum Gasteiger partial charge on any atom is -0.377 e. The smallest absolute Gasteiger partial charge is 0.0467 e. The molecule has 2 aromatic carbocycles. The second kappa shape index (κ2) is 8.39. The molecule has 0 heterocycles. The van der Waals surface area contributed by atoms with Crippen LogP contribution >= 0.6 is 0 Å². The van der Waals surface area contributed by atoms with Crippen molar-refractivity contribution in [2.24, 2.45) is 0 Å². The Morgan fingerprint density at radius 3 is 1.67 bits per heavy atom. The molecule has 24 heavy (non-hydrogen) atoms. The van der Waals surface area contributed by atoms with Gasteiger partial charge in [-0.05, 0) is 29.2 Å². The van der Waals surface area contributed by atoms with E-state index < -0.39 is 0 Å². The topological polar surface area (TPSA) is 6.48 Å². The third-order valence-corrected chi connectivity index (χ3v) is 4.04. The number of allylic oxidation sites excluding steroid dienone is 2. The minimum absolute atomic E-state index is 0.979. The van der Waals surface area contributed by atoms with Gasteiger partial charge in [-0.15, -0.1) is 0 Å². The monoisotopic (exact) mass is 320 g/mol. The predicted molar refractivity (Wildman–Crippen MR) is 105 cm³/mol. The summed E-state index contributed by atoms with van der Waals surface area (Å²) in [6, 6.07) is 21.2. The first-order chi connectivity index (χ1) is 11.5. The fourth-order valence-electron chi connectivity index (χ4n) is 2.91. The number of rotatable bonds is 6. The quantitative estimate of drug-likeness (QED) is 0.693. The van der Waals surface area contributed by atoms with Crippen LogP contribution in [-0.2, 0) is 0 Å². The molecule has 0 fully saturated rings. The van der Waals surface area contributed by atoms with Crippen LogP contribution in [0.15, 0.2) is 72.3 Å². The summed E-state index contributed by atoms with van der Waals surface area (Å²) in [5.41, 5.74) is 6.32. The number of nitrogens with zero attached hydrogens (tertiary/aromatic N) is 2. The molecular weight excluding hydrogens is 292 g/mol. The van der Waals surface area contributed by atoms with Gasteiger partial charge in [-0.3, -0.25) is 0 Å². The molecule has 2 heteroatoms. The molecule has 0 aromatic heterocycles. The third-order valence-electron chi connectivity index (χ3n) is 4.04. The molecule has 0 spiro atoms. The van der Waals surface area contributed by atoms with Crippen molar-refractivity contribution >= 4 is 11.4 Å². The van der Waals surface area contributed by atoms with Gasteiger partial charge < -0.3 is 9.80 Å². The predicted octanol–water partition coefficient (Wildman–Crippen LogP) is 4.97. The van der Waals surface area contributed by atoms with Gasteiger partial charge in [-0.25, -0.2) is 0 Å². The second-order valence-electron chi connectivity index (χ2n) is 6.28. The van der Waals surface area contributed by atoms with E-state index in [1.54, 1.807) is 0 Å². The Morgan fingerprint density at radius 1 is 0.750 bits per heavy atom. The van der Waals surface area contributed by atoms with Gasteiger partial charge in [0.1, 0.15) is 0 Å². The molecule has 0 atom stereocenters. The highest BCUT2D eigenvalue weighted by Crippen LogP contribution is 2.27. The molecule has 126 valence electrons. The average Bonchev–Trinajstić information content (AvgIpc) is 2.59. The Bertz CT molecular complexity index is 695. The molecule has 0 aliphatic heterocycles. The Balaban J connectivity index is 2.62. The lowest BCUT2D eigenvalue weighted by atomic mass is 10.0. The summed E-state index contributed by atoms with van der Waals surface area (Å²) in [5, 5.41) is 0. The van der Waals surface area contributed by atoms with E-state index in [9.17, 15) is 0 Å². The Morgan fingerprint density at radius 2 is 1.25 bits per heavy atom. The van der Waals surface area contributed by atoms with Gasteiger partial charge in [0.15, 0.2) is 0 Å². The van der Waals surface area contributed by atoms with Gasteiger partial charge >= 0.3 is 0 Å². The Labute approximate surface area is 146 Å². The maximum absolute atomic E-state index is 2.32. The van der Waals surface area contributed by atoms with Crippen LogP contribution in [0.4, 0.5) is 0 Å². The normalized spacial score (nSPS) is 12.6. The largest absolute Gasteiger partial charge is 0.377 e. The van der Waals surface area contributed by atoms with Crippen LogP contribution in [0.3, 0.4) is 0 Å². The summed E-state index contributed by atoms with van der Waals surface area (Å²) in [6.45, 7) is 2.22. The number of hydrogen-bond acceptors (Lipinski definition) is 2. The molecule has 0 unspecified atom stereocenters. The molecular formula is C22H28N2. The molecule has 0 bridgehead atoms. The molecule has 2 aromatic rings. The van der Waals surface area contributed by atoms with E-state index in [4.69, 9.17) is 0 Å². The van der Waals surface area contributed by atoms with Crippen LogP contribution in [0, 0.1) is 0 Å². The van der Waals surface area contributed by atoms with E-state index >= 15 is 0 Å². The van der Waals surface area contributed by atoms with Crippen molar-refractivity contribution < 1.29 is 0 Å². The van der Waals surface area contributed by atoms with Crippen molar-refractivity contribution in [2.75, 3.05) is 28.2 Å². The van der Waals surface area contributed by atoms with E-state index in [-0.39, 0.29) is 0 Å².